The van der Waals surface area contributed by atoms with Gasteiger partial charge in [-0.2, -0.15) is 5.10 Å². The number of carbonyl (C=O) groups excluding carboxylic acids is 1. The molecule has 0 saturated heterocycles. The van der Waals surface area contributed by atoms with Gasteiger partial charge in [0.15, 0.2) is 4.67 Å². The van der Waals surface area contributed by atoms with Gasteiger partial charge in [0.1, 0.15) is 17.2 Å². The van der Waals surface area contributed by atoms with E-state index in [1.807, 2.05) is 30.7 Å². The van der Waals surface area contributed by atoms with Crippen molar-refractivity contribution in [1.29, 1.82) is 0 Å². The molecule has 0 aliphatic heterocycles. The third-order valence-electron chi connectivity index (χ3n) is 4.80. The zero-order valence-corrected chi connectivity index (χ0v) is 17.1. The van der Waals surface area contributed by atoms with Crippen molar-refractivity contribution in [3.63, 3.8) is 0 Å². The second kappa shape index (κ2) is 7.03. The maximum absolute atomic E-state index is 12.9. The number of nitrogens with one attached hydrogen (secondary N) is 1. The van der Waals surface area contributed by atoms with Crippen LogP contribution in [0.15, 0.2) is 39.5 Å². The molecule has 6 nitrogen and oxygen atoms in total. The second-order valence-corrected chi connectivity index (χ2v) is 8.08. The van der Waals surface area contributed by atoms with Crippen molar-refractivity contribution in [3.8, 4) is 5.75 Å². The fraction of sp³-hybridized carbons (Fsp3) is 0.400. The van der Waals surface area contributed by atoms with Crippen LogP contribution in [0.2, 0.25) is 0 Å². The molecule has 1 atom stereocenters. The Hall–Kier alpha value is -2.28. The molecule has 1 fully saturated rings. The Morgan fingerprint density at radius 2 is 2.11 bits per heavy atom. The van der Waals surface area contributed by atoms with Gasteiger partial charge in [0.25, 0.3) is 5.91 Å². The zero-order valence-electron chi connectivity index (χ0n) is 15.5. The van der Waals surface area contributed by atoms with Gasteiger partial charge in [-0.05, 0) is 67.6 Å². The molecule has 1 saturated carbocycles. The maximum Gasteiger partial charge on any atom is 0.257 e. The van der Waals surface area contributed by atoms with Gasteiger partial charge in [-0.15, -0.1) is 0 Å². The predicted octanol–water partition coefficient (Wildman–Crippen LogP) is 5.40. The van der Waals surface area contributed by atoms with E-state index in [4.69, 9.17) is 9.15 Å². The molecule has 2 aromatic heterocycles. The molecule has 1 unspecified atom stereocenters. The number of benzene rings is 1. The van der Waals surface area contributed by atoms with E-state index >= 15 is 0 Å². The molecule has 0 bridgehead atoms. The van der Waals surface area contributed by atoms with Crippen molar-refractivity contribution >= 4 is 38.6 Å². The van der Waals surface area contributed by atoms with Crippen LogP contribution in [0, 0.1) is 5.92 Å². The third-order valence-corrected chi connectivity index (χ3v) is 5.19. The molecule has 1 amide bonds. The summed E-state index contributed by atoms with van der Waals surface area (Å²) >= 11 is 3.35. The van der Waals surface area contributed by atoms with Crippen molar-refractivity contribution in [1.82, 2.24) is 9.78 Å². The summed E-state index contributed by atoms with van der Waals surface area (Å²) in [6.07, 6.45) is 4.14. The second-order valence-electron chi connectivity index (χ2n) is 7.30. The van der Waals surface area contributed by atoms with Crippen LogP contribution in [0.1, 0.15) is 50.0 Å². The molecule has 0 spiro atoms. The molecule has 1 aliphatic carbocycles. The average Bonchev–Trinajstić information content (AvgIpc) is 3.24. The summed E-state index contributed by atoms with van der Waals surface area (Å²) in [5.74, 6) is 1.75. The summed E-state index contributed by atoms with van der Waals surface area (Å²) in [5, 5.41) is 8.19. The van der Waals surface area contributed by atoms with E-state index in [0.29, 0.717) is 33.3 Å². The quantitative estimate of drug-likeness (QED) is 0.566. The van der Waals surface area contributed by atoms with Crippen LogP contribution in [-0.2, 0) is 0 Å². The summed E-state index contributed by atoms with van der Waals surface area (Å²) in [5.41, 5.74) is 1.08. The first-order valence-corrected chi connectivity index (χ1v) is 9.96. The topological polar surface area (TPSA) is 69.3 Å². The Morgan fingerprint density at radius 3 is 2.81 bits per heavy atom. The third kappa shape index (κ3) is 3.74. The molecule has 27 heavy (non-hydrogen) atoms. The van der Waals surface area contributed by atoms with Gasteiger partial charge in [0, 0.05) is 17.7 Å². The van der Waals surface area contributed by atoms with Crippen LogP contribution in [0.3, 0.4) is 0 Å². The van der Waals surface area contributed by atoms with Crippen molar-refractivity contribution in [2.24, 2.45) is 5.92 Å². The Labute approximate surface area is 166 Å². The van der Waals surface area contributed by atoms with Gasteiger partial charge in [0.2, 0.25) is 0 Å². The van der Waals surface area contributed by atoms with Gasteiger partial charge < -0.3 is 14.5 Å². The van der Waals surface area contributed by atoms with E-state index in [9.17, 15) is 4.79 Å². The number of furan rings is 1. The normalized spacial score (nSPS) is 15.3. The maximum atomic E-state index is 12.9. The molecule has 2 heterocycles. The highest BCUT2D eigenvalue weighted by Gasteiger charge is 2.31. The van der Waals surface area contributed by atoms with E-state index < -0.39 is 0 Å². The van der Waals surface area contributed by atoms with Crippen LogP contribution in [0.4, 0.5) is 5.82 Å². The van der Waals surface area contributed by atoms with Crippen LogP contribution >= 0.6 is 15.9 Å². The Morgan fingerprint density at radius 1 is 1.33 bits per heavy atom. The number of carbonyl (C=O) groups is 1. The van der Waals surface area contributed by atoms with E-state index in [1.54, 1.807) is 18.3 Å². The van der Waals surface area contributed by atoms with Crippen LogP contribution in [0.5, 0.6) is 5.75 Å². The van der Waals surface area contributed by atoms with Gasteiger partial charge >= 0.3 is 0 Å². The monoisotopic (exact) mass is 431 g/mol. The van der Waals surface area contributed by atoms with Crippen molar-refractivity contribution in [2.75, 3.05) is 5.32 Å². The Kier molecular flexibility index (Phi) is 4.72. The number of aromatic nitrogens is 2. The number of nitrogens with zero attached hydrogens (tertiary/aromatic N) is 2. The molecule has 3 aromatic rings. The SMILES string of the molecule is CC(C)Oc1cc(C(=O)Nc2ccnn2C(C)C2CC2)cc2oc(Br)cc12. The smallest absolute Gasteiger partial charge is 0.257 e. The number of ether oxygens (including phenoxy) is 1. The summed E-state index contributed by atoms with van der Waals surface area (Å²) in [4.78, 5) is 12.9. The molecule has 1 N–H and O–H groups in total. The summed E-state index contributed by atoms with van der Waals surface area (Å²) < 4.78 is 14.0. The fourth-order valence-corrected chi connectivity index (χ4v) is 3.67. The molecule has 4 rings (SSSR count). The first-order chi connectivity index (χ1) is 12.9. The first-order valence-electron chi connectivity index (χ1n) is 9.17. The lowest BCUT2D eigenvalue weighted by Gasteiger charge is -2.16. The van der Waals surface area contributed by atoms with E-state index in [-0.39, 0.29) is 18.1 Å². The van der Waals surface area contributed by atoms with Crippen LogP contribution < -0.4 is 10.1 Å². The Bertz CT molecular complexity index is 988. The highest BCUT2D eigenvalue weighted by atomic mass is 79.9. The number of hydrogen-bond acceptors (Lipinski definition) is 4. The summed E-state index contributed by atoms with van der Waals surface area (Å²) in [6.45, 7) is 6.04. The molecule has 0 radical (unpaired) electrons. The number of amides is 1. The fourth-order valence-electron chi connectivity index (χ4n) is 3.26. The lowest BCUT2D eigenvalue weighted by molar-refractivity contribution is 0.102. The van der Waals surface area contributed by atoms with Gasteiger partial charge in [-0.1, -0.05) is 0 Å². The molecule has 1 aliphatic rings. The number of rotatable bonds is 6. The zero-order chi connectivity index (χ0) is 19.1. The number of anilines is 1. The highest BCUT2D eigenvalue weighted by Crippen LogP contribution is 2.40. The molecule has 7 heteroatoms. The van der Waals surface area contributed by atoms with Crippen molar-refractivity contribution < 1.29 is 13.9 Å². The highest BCUT2D eigenvalue weighted by molar-refractivity contribution is 9.10. The Balaban J connectivity index is 1.64. The predicted molar refractivity (Wildman–Crippen MR) is 107 cm³/mol. The lowest BCUT2D eigenvalue weighted by Crippen LogP contribution is -2.18. The number of fused-ring (bicyclic) bond motifs is 1. The lowest BCUT2D eigenvalue weighted by atomic mass is 10.1. The number of halogens is 1. The van der Waals surface area contributed by atoms with Gasteiger partial charge in [0.05, 0.1) is 23.7 Å². The van der Waals surface area contributed by atoms with Crippen molar-refractivity contribution in [3.05, 3.63) is 40.7 Å². The molecule has 1 aromatic carbocycles. The molecular formula is C20H22BrN3O3. The van der Waals surface area contributed by atoms with Crippen LogP contribution in [0.25, 0.3) is 11.0 Å². The average molecular weight is 432 g/mol. The summed E-state index contributed by atoms with van der Waals surface area (Å²) in [7, 11) is 0. The first kappa shape index (κ1) is 18.1. The molecular weight excluding hydrogens is 410 g/mol. The van der Waals surface area contributed by atoms with Crippen LogP contribution in [-0.4, -0.2) is 21.8 Å². The minimum atomic E-state index is -0.220. The minimum absolute atomic E-state index is 0.0130. The van der Waals surface area contributed by atoms with E-state index in [1.165, 1.54) is 12.8 Å². The number of hydrogen-bond donors (Lipinski definition) is 1. The largest absolute Gasteiger partial charge is 0.490 e. The molecule has 142 valence electrons. The van der Waals surface area contributed by atoms with E-state index in [2.05, 4.69) is 33.3 Å². The van der Waals surface area contributed by atoms with E-state index in [0.717, 1.165) is 5.39 Å². The van der Waals surface area contributed by atoms with Gasteiger partial charge in [-0.25, -0.2) is 4.68 Å². The van der Waals surface area contributed by atoms with Crippen molar-refractivity contribution in [2.45, 2.75) is 45.8 Å². The van der Waals surface area contributed by atoms with Gasteiger partial charge in [-0.3, -0.25) is 4.79 Å². The minimum Gasteiger partial charge on any atom is -0.490 e. The summed E-state index contributed by atoms with van der Waals surface area (Å²) in [6, 6.07) is 7.43. The standard InChI is InChI=1S/C20H22BrN3O3/c1-11(2)26-16-8-14(9-17-15(16)10-18(21)27-17)20(25)23-19-6-7-22-24(19)12(3)13-4-5-13/h6-13H,4-5H2,1-3H3,(H,23,25).